The molecule has 1 aromatic heterocycles. The monoisotopic (exact) mass is 461 g/mol. The van der Waals surface area contributed by atoms with E-state index in [1.54, 1.807) is 18.2 Å². The molecule has 0 unspecified atom stereocenters. The molecule has 2 fully saturated rings. The number of pyridine rings is 1. The van der Waals surface area contributed by atoms with Crippen molar-refractivity contribution in [1.82, 2.24) is 14.4 Å². The van der Waals surface area contributed by atoms with Crippen molar-refractivity contribution >= 4 is 10.9 Å². The lowest BCUT2D eigenvalue weighted by molar-refractivity contribution is 0.121. The number of nitrogens with zero attached hydrogens (tertiary/aromatic N) is 3. The van der Waals surface area contributed by atoms with Gasteiger partial charge >= 0.3 is 0 Å². The summed E-state index contributed by atoms with van der Waals surface area (Å²) in [4.78, 5) is 17.7. The number of benzene rings is 2. The topological polar surface area (TPSA) is 68.9 Å². The Bertz CT molecular complexity index is 1240. The molecule has 6 heteroatoms. The first-order valence-electron chi connectivity index (χ1n) is 12.5. The second-order valence-corrected chi connectivity index (χ2v) is 10.2. The largest absolute Gasteiger partial charge is 0.504 e. The standard InChI is InChI=1S/C28H35N3O3/c1-19-15-28(34)31(25-17-22(21-4-5-21)6-7-24(19)25)14-13-30-11-9-23(10-12-30)29(2)18-20-3-8-26(32)27(33)16-20/h3,6-8,15-17,21,23,32-33H,4-5,9-14,18H2,1-2H3. The predicted octanol–water partition coefficient (Wildman–Crippen LogP) is 4.19. The number of piperidine rings is 1. The van der Waals surface area contributed by atoms with Gasteiger partial charge in [-0.15, -0.1) is 0 Å². The Kier molecular flexibility index (Phi) is 6.36. The van der Waals surface area contributed by atoms with E-state index in [9.17, 15) is 15.0 Å². The van der Waals surface area contributed by atoms with Gasteiger partial charge in [0, 0.05) is 37.1 Å². The third-order valence-electron chi connectivity index (χ3n) is 7.68. The Hall–Kier alpha value is -2.83. The van der Waals surface area contributed by atoms with Gasteiger partial charge in [-0.05, 0) is 93.6 Å². The maximum atomic E-state index is 12.9. The number of fused-ring (bicyclic) bond motifs is 1. The Balaban J connectivity index is 1.20. The Morgan fingerprint density at radius 1 is 0.941 bits per heavy atom. The van der Waals surface area contributed by atoms with Gasteiger partial charge in [0.1, 0.15) is 0 Å². The molecule has 0 radical (unpaired) electrons. The van der Waals surface area contributed by atoms with Gasteiger partial charge in [0.25, 0.3) is 5.56 Å². The summed E-state index contributed by atoms with van der Waals surface area (Å²) in [6.07, 6.45) is 4.68. The molecule has 1 saturated heterocycles. The Morgan fingerprint density at radius 2 is 1.71 bits per heavy atom. The van der Waals surface area contributed by atoms with Crippen molar-refractivity contribution in [2.45, 2.75) is 57.7 Å². The van der Waals surface area contributed by atoms with E-state index in [0.29, 0.717) is 12.0 Å². The number of aryl methyl sites for hydroxylation is 1. The molecule has 0 spiro atoms. The lowest BCUT2D eigenvalue weighted by Crippen LogP contribution is -2.44. The van der Waals surface area contributed by atoms with Gasteiger partial charge in [-0.25, -0.2) is 0 Å². The maximum Gasteiger partial charge on any atom is 0.251 e. The molecule has 2 N–H and O–H groups in total. The highest BCUT2D eigenvalue weighted by atomic mass is 16.3. The van der Waals surface area contributed by atoms with Crippen molar-refractivity contribution < 1.29 is 10.2 Å². The van der Waals surface area contributed by atoms with E-state index >= 15 is 0 Å². The quantitative estimate of drug-likeness (QED) is 0.516. The van der Waals surface area contributed by atoms with Crippen LogP contribution in [0.5, 0.6) is 11.5 Å². The minimum absolute atomic E-state index is 0.0659. The molecule has 0 amide bonds. The third kappa shape index (κ3) is 4.84. The van der Waals surface area contributed by atoms with Crippen LogP contribution in [0.4, 0.5) is 0 Å². The summed E-state index contributed by atoms with van der Waals surface area (Å²) in [5, 5.41) is 20.5. The first-order valence-corrected chi connectivity index (χ1v) is 12.5. The molecule has 3 aromatic rings. The van der Waals surface area contributed by atoms with E-state index in [1.165, 1.54) is 23.8 Å². The summed E-state index contributed by atoms with van der Waals surface area (Å²) in [5.74, 6) is 0.530. The van der Waals surface area contributed by atoms with Crippen LogP contribution in [0.3, 0.4) is 0 Å². The molecule has 2 aliphatic rings. The zero-order valence-corrected chi connectivity index (χ0v) is 20.2. The molecule has 5 rings (SSSR count). The van der Waals surface area contributed by atoms with Crippen LogP contribution in [-0.4, -0.2) is 57.3 Å². The van der Waals surface area contributed by atoms with Gasteiger partial charge in [-0.1, -0.05) is 18.2 Å². The van der Waals surface area contributed by atoms with Crippen LogP contribution in [0.25, 0.3) is 10.9 Å². The summed E-state index contributed by atoms with van der Waals surface area (Å²) in [7, 11) is 2.12. The average Bonchev–Trinajstić information content (AvgIpc) is 3.67. The highest BCUT2D eigenvalue weighted by Crippen LogP contribution is 2.41. The van der Waals surface area contributed by atoms with Gasteiger partial charge in [0.15, 0.2) is 11.5 Å². The molecule has 1 saturated carbocycles. The van der Waals surface area contributed by atoms with E-state index in [2.05, 4.69) is 35.0 Å². The van der Waals surface area contributed by atoms with Gasteiger partial charge < -0.3 is 19.7 Å². The number of phenols is 2. The van der Waals surface area contributed by atoms with Crippen LogP contribution in [0.1, 0.15) is 48.3 Å². The SMILES string of the molecule is Cc1cc(=O)n(CCN2CCC(N(C)Cc3ccc(O)c(O)c3)CC2)c2cc(C3CC3)ccc12. The summed E-state index contributed by atoms with van der Waals surface area (Å²) >= 11 is 0. The highest BCUT2D eigenvalue weighted by Gasteiger charge is 2.25. The highest BCUT2D eigenvalue weighted by molar-refractivity contribution is 5.83. The van der Waals surface area contributed by atoms with Crippen molar-refractivity contribution in [2.75, 3.05) is 26.7 Å². The number of rotatable bonds is 7. The first-order chi connectivity index (χ1) is 16.4. The van der Waals surface area contributed by atoms with Crippen molar-refractivity contribution in [3.63, 3.8) is 0 Å². The van der Waals surface area contributed by atoms with E-state index < -0.39 is 0 Å². The molecule has 180 valence electrons. The second-order valence-electron chi connectivity index (χ2n) is 10.2. The van der Waals surface area contributed by atoms with Crippen molar-refractivity contribution in [3.8, 4) is 11.5 Å². The molecule has 1 aliphatic carbocycles. The van der Waals surface area contributed by atoms with Gasteiger partial charge in [0.05, 0.1) is 5.52 Å². The van der Waals surface area contributed by atoms with Crippen LogP contribution in [-0.2, 0) is 13.1 Å². The number of likely N-dealkylation sites (tertiary alicyclic amines) is 1. The molecular formula is C28H35N3O3. The first kappa shape index (κ1) is 22.9. The normalized spacial score (nSPS) is 17.6. The summed E-state index contributed by atoms with van der Waals surface area (Å²) in [5.41, 5.74) is 4.61. The van der Waals surface area contributed by atoms with E-state index in [0.717, 1.165) is 62.2 Å². The fourth-order valence-electron chi connectivity index (χ4n) is 5.38. The number of aromatic nitrogens is 1. The van der Waals surface area contributed by atoms with Crippen LogP contribution in [0.2, 0.25) is 0 Å². The predicted molar refractivity (Wildman–Crippen MR) is 136 cm³/mol. The number of phenolic OH excluding ortho intramolecular Hbond substituents is 2. The second kappa shape index (κ2) is 9.43. The average molecular weight is 462 g/mol. The molecule has 6 nitrogen and oxygen atoms in total. The van der Waals surface area contributed by atoms with Gasteiger partial charge in [-0.2, -0.15) is 0 Å². The summed E-state index contributed by atoms with van der Waals surface area (Å²) in [6, 6.07) is 14.0. The fraction of sp³-hybridized carbons (Fsp3) is 0.464. The lowest BCUT2D eigenvalue weighted by atomic mass is 10.0. The van der Waals surface area contributed by atoms with E-state index in [-0.39, 0.29) is 17.1 Å². The van der Waals surface area contributed by atoms with Crippen molar-refractivity contribution in [3.05, 3.63) is 69.5 Å². The molecular weight excluding hydrogens is 426 g/mol. The molecule has 0 bridgehead atoms. The van der Waals surface area contributed by atoms with Crippen LogP contribution < -0.4 is 5.56 Å². The van der Waals surface area contributed by atoms with Gasteiger partial charge in [0.2, 0.25) is 0 Å². The molecule has 34 heavy (non-hydrogen) atoms. The summed E-state index contributed by atoms with van der Waals surface area (Å²) in [6.45, 7) is 6.41. The van der Waals surface area contributed by atoms with E-state index in [4.69, 9.17) is 0 Å². The molecule has 1 aliphatic heterocycles. The van der Waals surface area contributed by atoms with E-state index in [1.807, 2.05) is 17.6 Å². The van der Waals surface area contributed by atoms with Gasteiger partial charge in [-0.3, -0.25) is 9.69 Å². The molecule has 0 atom stereocenters. The fourth-order valence-corrected chi connectivity index (χ4v) is 5.38. The Labute approximate surface area is 201 Å². The number of hydrogen-bond acceptors (Lipinski definition) is 5. The van der Waals surface area contributed by atoms with Crippen molar-refractivity contribution in [1.29, 1.82) is 0 Å². The minimum Gasteiger partial charge on any atom is -0.504 e. The molecule has 2 aromatic carbocycles. The zero-order valence-electron chi connectivity index (χ0n) is 20.2. The van der Waals surface area contributed by atoms with Crippen LogP contribution in [0, 0.1) is 6.92 Å². The lowest BCUT2D eigenvalue weighted by Gasteiger charge is -2.37. The van der Waals surface area contributed by atoms with Crippen molar-refractivity contribution in [2.24, 2.45) is 0 Å². The Morgan fingerprint density at radius 3 is 2.41 bits per heavy atom. The number of aromatic hydroxyl groups is 2. The summed E-state index contributed by atoms with van der Waals surface area (Å²) < 4.78 is 1.98. The molecule has 2 heterocycles. The third-order valence-corrected chi connectivity index (χ3v) is 7.68. The smallest absolute Gasteiger partial charge is 0.251 e. The van der Waals surface area contributed by atoms with Crippen LogP contribution >= 0.6 is 0 Å². The minimum atomic E-state index is -0.0797. The maximum absolute atomic E-state index is 12.9. The van der Waals surface area contributed by atoms with Crippen LogP contribution in [0.15, 0.2) is 47.3 Å². The number of hydrogen-bond donors (Lipinski definition) is 2. The zero-order chi connectivity index (χ0) is 23.8.